The van der Waals surface area contributed by atoms with Gasteiger partial charge in [0, 0.05) is 13.7 Å². The number of aryl methyl sites for hydroxylation is 1. The summed E-state index contributed by atoms with van der Waals surface area (Å²) in [4.78, 5) is 4.32. The molecule has 0 fully saturated rings. The number of hydrogen-bond donors (Lipinski definition) is 1. The van der Waals surface area contributed by atoms with Gasteiger partial charge in [-0.15, -0.1) is 0 Å². The summed E-state index contributed by atoms with van der Waals surface area (Å²) in [5.74, 6) is 1.05. The summed E-state index contributed by atoms with van der Waals surface area (Å²) in [5.41, 5.74) is 1.76. The van der Waals surface area contributed by atoms with E-state index in [-0.39, 0.29) is 0 Å². The van der Waals surface area contributed by atoms with Crippen LogP contribution in [0.3, 0.4) is 0 Å². The smallest absolute Gasteiger partial charge is 0.262 e. The molecule has 2 aromatic rings. The minimum absolute atomic E-state index is 0.378. The number of nitrogens with zero attached hydrogens (tertiary/aromatic N) is 3. The standard InChI is InChI=1S/C11H16N4O2S/c1-4-5-16-6-8-13-10(17-14-8)9-7(2)15-18-11(9)12-3/h12H,4-6H2,1-3H3. The maximum atomic E-state index is 5.37. The highest BCUT2D eigenvalue weighted by molar-refractivity contribution is 7.10. The fourth-order valence-corrected chi connectivity index (χ4v) is 2.25. The van der Waals surface area contributed by atoms with Crippen molar-refractivity contribution in [1.82, 2.24) is 14.5 Å². The average Bonchev–Trinajstić information content (AvgIpc) is 2.96. The zero-order chi connectivity index (χ0) is 13.0. The Morgan fingerprint density at radius 3 is 3.00 bits per heavy atom. The van der Waals surface area contributed by atoms with Crippen molar-refractivity contribution < 1.29 is 9.26 Å². The van der Waals surface area contributed by atoms with Gasteiger partial charge >= 0.3 is 0 Å². The van der Waals surface area contributed by atoms with Crippen molar-refractivity contribution in [2.45, 2.75) is 26.9 Å². The van der Waals surface area contributed by atoms with Gasteiger partial charge in [0.25, 0.3) is 5.89 Å². The van der Waals surface area contributed by atoms with Crippen LogP contribution in [0.1, 0.15) is 24.9 Å². The normalized spacial score (nSPS) is 10.8. The summed E-state index contributed by atoms with van der Waals surface area (Å²) in [6.07, 6.45) is 0.974. The zero-order valence-electron chi connectivity index (χ0n) is 10.7. The second-order valence-corrected chi connectivity index (χ2v) is 4.56. The van der Waals surface area contributed by atoms with E-state index in [1.54, 1.807) is 0 Å². The Bertz CT molecular complexity index is 509. The van der Waals surface area contributed by atoms with Gasteiger partial charge < -0.3 is 14.6 Å². The van der Waals surface area contributed by atoms with Crippen LogP contribution in [-0.4, -0.2) is 28.2 Å². The summed E-state index contributed by atoms with van der Waals surface area (Å²) in [6, 6.07) is 0. The molecule has 1 N–H and O–H groups in total. The Labute approximate surface area is 110 Å². The lowest BCUT2D eigenvalue weighted by Crippen LogP contribution is -1.96. The summed E-state index contributed by atoms with van der Waals surface area (Å²) < 4.78 is 14.9. The Balaban J connectivity index is 2.16. The van der Waals surface area contributed by atoms with Gasteiger partial charge in [-0.2, -0.15) is 9.36 Å². The SMILES string of the molecule is CCCOCc1noc(-c2c(C)nsc2NC)n1. The molecule has 2 rings (SSSR count). The van der Waals surface area contributed by atoms with E-state index in [4.69, 9.17) is 9.26 Å². The van der Waals surface area contributed by atoms with Crippen molar-refractivity contribution >= 4 is 16.5 Å². The Morgan fingerprint density at radius 2 is 2.28 bits per heavy atom. The molecule has 0 amide bonds. The van der Waals surface area contributed by atoms with Crippen LogP contribution < -0.4 is 5.32 Å². The van der Waals surface area contributed by atoms with Gasteiger partial charge in [0.05, 0.1) is 11.3 Å². The van der Waals surface area contributed by atoms with Crippen LogP contribution in [0.15, 0.2) is 4.52 Å². The Kier molecular flexibility index (Phi) is 4.27. The van der Waals surface area contributed by atoms with Gasteiger partial charge in [-0.25, -0.2) is 0 Å². The number of aromatic nitrogens is 3. The van der Waals surface area contributed by atoms with E-state index < -0.39 is 0 Å². The van der Waals surface area contributed by atoms with Gasteiger partial charge in [0.1, 0.15) is 11.6 Å². The molecule has 18 heavy (non-hydrogen) atoms. The van der Waals surface area contributed by atoms with E-state index in [1.165, 1.54) is 11.5 Å². The number of nitrogens with one attached hydrogen (secondary N) is 1. The molecule has 98 valence electrons. The third-order valence-corrected chi connectivity index (χ3v) is 3.31. The lowest BCUT2D eigenvalue weighted by atomic mass is 10.2. The maximum Gasteiger partial charge on any atom is 0.262 e. The summed E-state index contributed by atoms with van der Waals surface area (Å²) >= 11 is 1.38. The molecule has 0 atom stereocenters. The summed E-state index contributed by atoms with van der Waals surface area (Å²) in [5, 5.41) is 7.90. The second kappa shape index (κ2) is 5.92. The van der Waals surface area contributed by atoms with Gasteiger partial charge in [-0.3, -0.25) is 0 Å². The first-order valence-electron chi connectivity index (χ1n) is 5.81. The van der Waals surface area contributed by atoms with Gasteiger partial charge in [0.2, 0.25) is 0 Å². The van der Waals surface area contributed by atoms with Crippen molar-refractivity contribution in [1.29, 1.82) is 0 Å². The minimum Gasteiger partial charge on any atom is -0.378 e. The van der Waals surface area contributed by atoms with Crippen molar-refractivity contribution in [2.75, 3.05) is 19.0 Å². The van der Waals surface area contributed by atoms with Crippen LogP contribution in [0.2, 0.25) is 0 Å². The summed E-state index contributed by atoms with van der Waals surface area (Å²) in [7, 11) is 1.85. The molecule has 0 spiro atoms. The molecule has 0 aliphatic heterocycles. The predicted octanol–water partition coefficient (Wildman–Crippen LogP) is 2.47. The number of anilines is 1. The Hall–Kier alpha value is -1.47. The van der Waals surface area contributed by atoms with E-state index in [1.807, 2.05) is 14.0 Å². The Morgan fingerprint density at radius 1 is 1.44 bits per heavy atom. The third kappa shape index (κ3) is 2.68. The topological polar surface area (TPSA) is 73.1 Å². The van der Waals surface area contributed by atoms with E-state index in [0.717, 1.165) is 22.7 Å². The van der Waals surface area contributed by atoms with Crippen molar-refractivity contribution in [3.05, 3.63) is 11.5 Å². The molecule has 0 aromatic carbocycles. The molecule has 2 heterocycles. The highest BCUT2D eigenvalue weighted by Crippen LogP contribution is 2.33. The van der Waals surface area contributed by atoms with Gasteiger partial charge in [-0.1, -0.05) is 12.1 Å². The average molecular weight is 268 g/mol. The predicted molar refractivity (Wildman–Crippen MR) is 69.6 cm³/mol. The summed E-state index contributed by atoms with van der Waals surface area (Å²) in [6.45, 7) is 5.05. The molecule has 7 heteroatoms. The number of rotatable bonds is 6. The fourth-order valence-electron chi connectivity index (χ4n) is 1.51. The molecule has 0 saturated heterocycles. The lowest BCUT2D eigenvalue weighted by molar-refractivity contribution is 0.114. The first kappa shape index (κ1) is 13.0. The van der Waals surface area contributed by atoms with E-state index in [0.29, 0.717) is 24.9 Å². The molecular formula is C11H16N4O2S. The van der Waals surface area contributed by atoms with E-state index >= 15 is 0 Å². The molecule has 2 aromatic heterocycles. The molecule has 0 bridgehead atoms. The molecule has 0 aliphatic carbocycles. The minimum atomic E-state index is 0.378. The number of hydrogen-bond acceptors (Lipinski definition) is 7. The first-order chi connectivity index (χ1) is 8.76. The van der Waals surface area contributed by atoms with Crippen LogP contribution in [0.5, 0.6) is 0 Å². The van der Waals surface area contributed by atoms with Crippen LogP contribution in [-0.2, 0) is 11.3 Å². The van der Waals surface area contributed by atoms with Crippen molar-refractivity contribution in [2.24, 2.45) is 0 Å². The molecule has 0 unspecified atom stereocenters. The van der Waals surface area contributed by atoms with Gasteiger partial charge in [-0.05, 0) is 24.9 Å². The largest absolute Gasteiger partial charge is 0.378 e. The quantitative estimate of drug-likeness (QED) is 0.811. The highest BCUT2D eigenvalue weighted by atomic mass is 32.1. The van der Waals surface area contributed by atoms with Crippen molar-refractivity contribution in [3.8, 4) is 11.5 Å². The van der Waals surface area contributed by atoms with Crippen LogP contribution in [0.25, 0.3) is 11.5 Å². The molecule has 0 radical (unpaired) electrons. The zero-order valence-corrected chi connectivity index (χ0v) is 11.5. The van der Waals surface area contributed by atoms with Gasteiger partial charge in [0.15, 0.2) is 5.82 Å². The third-order valence-electron chi connectivity index (χ3n) is 2.35. The number of ether oxygens (including phenoxy) is 1. The fraction of sp³-hybridized carbons (Fsp3) is 0.545. The van der Waals surface area contributed by atoms with E-state index in [9.17, 15) is 0 Å². The molecule has 0 aliphatic rings. The monoisotopic (exact) mass is 268 g/mol. The van der Waals surface area contributed by atoms with E-state index in [2.05, 4.69) is 26.8 Å². The van der Waals surface area contributed by atoms with Crippen LogP contribution in [0.4, 0.5) is 5.00 Å². The maximum absolute atomic E-state index is 5.37. The molecular weight excluding hydrogens is 252 g/mol. The van der Waals surface area contributed by atoms with Crippen molar-refractivity contribution in [3.63, 3.8) is 0 Å². The first-order valence-corrected chi connectivity index (χ1v) is 6.58. The van der Waals surface area contributed by atoms with Crippen LogP contribution >= 0.6 is 11.5 Å². The highest BCUT2D eigenvalue weighted by Gasteiger charge is 2.18. The lowest BCUT2D eigenvalue weighted by Gasteiger charge is -1.97. The second-order valence-electron chi connectivity index (χ2n) is 3.79. The molecule has 0 saturated carbocycles. The van der Waals surface area contributed by atoms with Crippen LogP contribution in [0, 0.1) is 6.92 Å². The molecule has 6 nitrogen and oxygen atoms in total.